The van der Waals surface area contributed by atoms with E-state index >= 15 is 0 Å². The first kappa shape index (κ1) is 26.0. The first-order valence-electron chi connectivity index (χ1n) is 13.5. The fraction of sp³-hybridized carbons (Fsp3) is 0.188. The van der Waals surface area contributed by atoms with Crippen molar-refractivity contribution < 1.29 is 9.90 Å². The summed E-state index contributed by atoms with van der Waals surface area (Å²) in [4.78, 5) is 31.1. The van der Waals surface area contributed by atoms with Crippen molar-refractivity contribution in [2.24, 2.45) is 0 Å². The Bertz CT molecular complexity index is 1740. The van der Waals surface area contributed by atoms with Crippen LogP contribution in [-0.4, -0.2) is 55.0 Å². The number of aromatic nitrogens is 4. The summed E-state index contributed by atoms with van der Waals surface area (Å²) < 4.78 is 0. The molecule has 4 heterocycles. The van der Waals surface area contributed by atoms with Crippen LogP contribution in [0.2, 0.25) is 0 Å². The normalized spacial score (nSPS) is 14.0. The van der Waals surface area contributed by atoms with E-state index in [0.29, 0.717) is 17.4 Å². The topological polar surface area (TPSA) is 128 Å². The van der Waals surface area contributed by atoms with Gasteiger partial charge in [0.1, 0.15) is 17.6 Å². The lowest BCUT2D eigenvalue weighted by atomic mass is 9.97. The summed E-state index contributed by atoms with van der Waals surface area (Å²) >= 11 is 0. The molecule has 6 rings (SSSR count). The number of carboxylic acid groups (broad SMARTS) is 1. The quantitative estimate of drug-likeness (QED) is 0.278. The predicted octanol–water partition coefficient (Wildman–Crippen LogP) is 5.40. The molecule has 5 aromatic rings. The van der Waals surface area contributed by atoms with Gasteiger partial charge in [0.2, 0.25) is 5.82 Å². The van der Waals surface area contributed by atoms with Gasteiger partial charge in [-0.2, -0.15) is 5.26 Å². The summed E-state index contributed by atoms with van der Waals surface area (Å²) in [5, 5.41) is 22.7. The van der Waals surface area contributed by atoms with Gasteiger partial charge in [0.05, 0.1) is 11.2 Å². The second kappa shape index (κ2) is 11.5. The van der Waals surface area contributed by atoms with Crippen molar-refractivity contribution in [1.29, 1.82) is 5.26 Å². The maximum Gasteiger partial charge on any atom is 0.354 e. The Morgan fingerprint density at radius 3 is 2.49 bits per heavy atom. The highest BCUT2D eigenvalue weighted by atomic mass is 16.4. The monoisotopic (exact) mass is 541 g/mol. The minimum Gasteiger partial charge on any atom is -0.477 e. The van der Waals surface area contributed by atoms with E-state index in [-0.39, 0.29) is 11.5 Å². The fourth-order valence-corrected chi connectivity index (χ4v) is 5.21. The standard InChI is InChI=1S/C32H27N7O2/c33-18-30-34-13-10-29(38-30)36-25-11-14-39(15-12-25)20-21-6-8-23(9-7-21)31-26(22-4-2-1-3-5-22)16-24-19-35-28(32(40)41)17-27(24)37-31/h1-10,13,16-17,19,25H,11-12,14-15,20H2,(H,40,41)(H,34,36,38). The molecule has 0 radical (unpaired) electrons. The van der Waals surface area contributed by atoms with E-state index in [4.69, 9.17) is 10.2 Å². The maximum atomic E-state index is 11.5. The lowest BCUT2D eigenvalue weighted by molar-refractivity contribution is 0.0690. The minimum atomic E-state index is -1.08. The Morgan fingerprint density at radius 1 is 0.976 bits per heavy atom. The summed E-state index contributed by atoms with van der Waals surface area (Å²) in [5.74, 6) is -0.209. The third-order valence-corrected chi connectivity index (χ3v) is 7.33. The van der Waals surface area contributed by atoms with Crippen molar-refractivity contribution in [2.45, 2.75) is 25.4 Å². The highest BCUT2D eigenvalue weighted by molar-refractivity contribution is 5.95. The first-order chi connectivity index (χ1) is 20.1. The molecule has 1 aliphatic rings. The van der Waals surface area contributed by atoms with E-state index in [1.165, 1.54) is 11.6 Å². The third-order valence-electron chi connectivity index (χ3n) is 7.33. The molecular formula is C32H27N7O2. The fourth-order valence-electron chi connectivity index (χ4n) is 5.21. The van der Waals surface area contributed by atoms with Crippen LogP contribution in [-0.2, 0) is 6.54 Å². The number of carboxylic acids is 1. The van der Waals surface area contributed by atoms with Gasteiger partial charge in [0.15, 0.2) is 0 Å². The van der Waals surface area contributed by atoms with Gasteiger partial charge in [-0.15, -0.1) is 0 Å². The van der Waals surface area contributed by atoms with E-state index in [9.17, 15) is 9.90 Å². The molecule has 9 nitrogen and oxygen atoms in total. The summed E-state index contributed by atoms with van der Waals surface area (Å²) in [6.45, 7) is 2.77. The van der Waals surface area contributed by atoms with Gasteiger partial charge in [-0.1, -0.05) is 54.6 Å². The van der Waals surface area contributed by atoms with Crippen molar-refractivity contribution in [2.75, 3.05) is 18.4 Å². The Labute approximate surface area is 237 Å². The van der Waals surface area contributed by atoms with Crippen molar-refractivity contribution in [3.63, 3.8) is 0 Å². The Kier molecular flexibility index (Phi) is 7.30. The molecule has 2 N–H and O–H groups in total. The summed E-state index contributed by atoms with van der Waals surface area (Å²) in [7, 11) is 0. The summed E-state index contributed by atoms with van der Waals surface area (Å²) in [5.41, 5.74) is 5.55. The Balaban J connectivity index is 1.18. The van der Waals surface area contributed by atoms with Crippen LogP contribution < -0.4 is 5.32 Å². The van der Waals surface area contributed by atoms with Gasteiger partial charge >= 0.3 is 5.97 Å². The predicted molar refractivity (Wildman–Crippen MR) is 156 cm³/mol. The second-order valence-electron chi connectivity index (χ2n) is 10.1. The van der Waals surface area contributed by atoms with Gasteiger partial charge < -0.3 is 10.4 Å². The number of fused-ring (bicyclic) bond motifs is 1. The van der Waals surface area contributed by atoms with Crippen molar-refractivity contribution in [1.82, 2.24) is 24.8 Å². The van der Waals surface area contributed by atoms with Crippen molar-refractivity contribution in [3.05, 3.63) is 102 Å². The van der Waals surface area contributed by atoms with Gasteiger partial charge in [0, 0.05) is 54.6 Å². The smallest absolute Gasteiger partial charge is 0.354 e. The molecule has 41 heavy (non-hydrogen) atoms. The number of anilines is 1. The Morgan fingerprint density at radius 2 is 1.76 bits per heavy atom. The molecule has 1 aliphatic heterocycles. The zero-order valence-electron chi connectivity index (χ0n) is 22.2. The number of piperidine rings is 1. The largest absolute Gasteiger partial charge is 0.477 e. The molecule has 0 unspecified atom stereocenters. The van der Waals surface area contributed by atoms with E-state index < -0.39 is 5.97 Å². The van der Waals surface area contributed by atoms with Crippen LogP contribution in [0.4, 0.5) is 5.82 Å². The van der Waals surface area contributed by atoms with E-state index in [0.717, 1.165) is 60.2 Å². The van der Waals surface area contributed by atoms with E-state index in [1.807, 2.05) is 42.5 Å². The zero-order chi connectivity index (χ0) is 28.2. The molecule has 3 aromatic heterocycles. The maximum absolute atomic E-state index is 11.5. The minimum absolute atomic E-state index is 0.0262. The number of aromatic carboxylic acids is 1. The summed E-state index contributed by atoms with van der Waals surface area (Å²) in [6.07, 6.45) is 5.14. The molecule has 1 fully saturated rings. The molecular weight excluding hydrogens is 514 g/mol. The van der Waals surface area contributed by atoms with Crippen LogP contribution in [0.3, 0.4) is 0 Å². The van der Waals surface area contributed by atoms with Crippen LogP contribution in [0.15, 0.2) is 85.2 Å². The number of carbonyl (C=O) groups is 1. The van der Waals surface area contributed by atoms with Gasteiger partial charge in [0.25, 0.3) is 0 Å². The number of nitrogens with one attached hydrogen (secondary N) is 1. The highest BCUT2D eigenvalue weighted by Gasteiger charge is 2.20. The number of hydrogen-bond acceptors (Lipinski definition) is 8. The number of pyridine rings is 2. The molecule has 0 bridgehead atoms. The number of likely N-dealkylation sites (tertiary alicyclic amines) is 1. The van der Waals surface area contributed by atoms with Crippen molar-refractivity contribution in [3.8, 4) is 28.5 Å². The number of rotatable bonds is 7. The van der Waals surface area contributed by atoms with Crippen LogP contribution in [0, 0.1) is 11.3 Å². The molecule has 2 aromatic carbocycles. The lowest BCUT2D eigenvalue weighted by Gasteiger charge is -2.32. The number of nitrogens with zero attached hydrogens (tertiary/aromatic N) is 6. The molecule has 0 spiro atoms. The van der Waals surface area contributed by atoms with E-state index in [1.54, 1.807) is 18.5 Å². The van der Waals surface area contributed by atoms with Gasteiger partial charge in [-0.25, -0.2) is 24.7 Å². The second-order valence-corrected chi connectivity index (χ2v) is 10.1. The highest BCUT2D eigenvalue weighted by Crippen LogP contribution is 2.33. The zero-order valence-corrected chi connectivity index (χ0v) is 22.2. The van der Waals surface area contributed by atoms with Crippen LogP contribution in [0.5, 0.6) is 0 Å². The Hall–Kier alpha value is -5.20. The third kappa shape index (κ3) is 5.88. The molecule has 0 amide bonds. The average Bonchev–Trinajstić information content (AvgIpc) is 3.02. The molecule has 0 saturated carbocycles. The molecule has 0 aliphatic carbocycles. The summed E-state index contributed by atoms with van der Waals surface area (Å²) in [6, 6.07) is 26.2. The first-order valence-corrected chi connectivity index (χ1v) is 13.5. The number of nitriles is 1. The molecule has 202 valence electrons. The lowest BCUT2D eigenvalue weighted by Crippen LogP contribution is -2.38. The van der Waals surface area contributed by atoms with Crippen LogP contribution >= 0.6 is 0 Å². The van der Waals surface area contributed by atoms with Gasteiger partial charge in [-0.3, -0.25) is 4.90 Å². The molecule has 1 saturated heterocycles. The van der Waals surface area contributed by atoms with E-state index in [2.05, 4.69) is 49.4 Å². The molecule has 0 atom stereocenters. The average molecular weight is 542 g/mol. The molecule has 9 heteroatoms. The van der Waals surface area contributed by atoms with Gasteiger partial charge in [-0.05, 0) is 42.2 Å². The van der Waals surface area contributed by atoms with Crippen LogP contribution in [0.1, 0.15) is 34.7 Å². The van der Waals surface area contributed by atoms with Crippen LogP contribution in [0.25, 0.3) is 33.3 Å². The number of benzene rings is 2. The number of hydrogen-bond donors (Lipinski definition) is 2. The SMILES string of the molecule is N#Cc1nccc(NC2CCN(Cc3ccc(-c4nc5cc(C(=O)O)ncc5cc4-c4ccccc4)cc3)CC2)n1. The van der Waals surface area contributed by atoms with Crippen molar-refractivity contribution >= 4 is 22.7 Å².